The van der Waals surface area contributed by atoms with E-state index in [-0.39, 0.29) is 17.6 Å². The Balaban J connectivity index is 1.68. The first-order valence-corrected chi connectivity index (χ1v) is 9.27. The number of para-hydroxylation sites is 1. The zero-order valence-electron chi connectivity index (χ0n) is 16.7. The second-order valence-corrected chi connectivity index (χ2v) is 7.12. The molecule has 1 unspecified atom stereocenters. The number of fused-ring (bicyclic) bond motifs is 1. The number of non-ortho nitro benzene ring substituents is 1. The predicted octanol–water partition coefficient (Wildman–Crippen LogP) is 3.52. The first-order chi connectivity index (χ1) is 13.9. The lowest BCUT2D eigenvalue weighted by Crippen LogP contribution is -2.33. The summed E-state index contributed by atoms with van der Waals surface area (Å²) in [6, 6.07) is 14.3. The van der Waals surface area contributed by atoms with Gasteiger partial charge in [-0.25, -0.2) is 0 Å². The van der Waals surface area contributed by atoms with Gasteiger partial charge in [0.25, 0.3) is 5.69 Å². The van der Waals surface area contributed by atoms with Gasteiger partial charge < -0.3 is 14.8 Å². The van der Waals surface area contributed by atoms with Crippen molar-refractivity contribution in [3.8, 4) is 0 Å². The maximum absolute atomic E-state index is 12.3. The van der Waals surface area contributed by atoms with Gasteiger partial charge in [0.1, 0.15) is 0 Å². The first kappa shape index (κ1) is 20.3. The van der Waals surface area contributed by atoms with Gasteiger partial charge in [0, 0.05) is 48.9 Å². The van der Waals surface area contributed by atoms with Crippen LogP contribution in [0.3, 0.4) is 0 Å². The molecule has 0 saturated carbocycles. The molecule has 0 fully saturated rings. The van der Waals surface area contributed by atoms with Crippen LogP contribution in [0.15, 0.2) is 60.8 Å². The van der Waals surface area contributed by atoms with Gasteiger partial charge in [0.15, 0.2) is 0 Å². The number of nitro benzene ring substituents is 1. The Morgan fingerprint density at radius 2 is 1.90 bits per heavy atom. The zero-order chi connectivity index (χ0) is 21.0. The van der Waals surface area contributed by atoms with E-state index < -0.39 is 4.92 Å². The van der Waals surface area contributed by atoms with E-state index >= 15 is 0 Å². The molecule has 29 heavy (non-hydrogen) atoms. The van der Waals surface area contributed by atoms with Crippen LogP contribution >= 0.6 is 0 Å². The number of rotatable bonds is 7. The highest BCUT2D eigenvalue weighted by Crippen LogP contribution is 2.28. The molecule has 7 nitrogen and oxygen atoms in total. The number of nitrogens with one attached hydrogen (secondary N) is 1. The van der Waals surface area contributed by atoms with Crippen molar-refractivity contribution in [1.29, 1.82) is 0 Å². The fraction of sp³-hybridized carbons (Fsp3) is 0.227. The summed E-state index contributed by atoms with van der Waals surface area (Å²) in [5.74, 6) is -0.213. The molecule has 1 atom stereocenters. The van der Waals surface area contributed by atoms with Crippen molar-refractivity contribution in [3.05, 3.63) is 82.0 Å². The summed E-state index contributed by atoms with van der Waals surface area (Å²) in [6.07, 6.45) is 5.19. The second-order valence-electron chi connectivity index (χ2n) is 7.12. The highest BCUT2D eigenvalue weighted by atomic mass is 16.6. The van der Waals surface area contributed by atoms with E-state index in [0.29, 0.717) is 6.54 Å². The van der Waals surface area contributed by atoms with E-state index in [1.807, 2.05) is 33.3 Å². The van der Waals surface area contributed by atoms with Crippen LogP contribution in [0.25, 0.3) is 17.0 Å². The molecule has 3 aromatic rings. The summed E-state index contributed by atoms with van der Waals surface area (Å²) in [4.78, 5) is 24.6. The van der Waals surface area contributed by atoms with Gasteiger partial charge in [-0.15, -0.1) is 0 Å². The van der Waals surface area contributed by atoms with E-state index in [1.165, 1.54) is 23.6 Å². The number of nitro groups is 1. The molecule has 0 aliphatic carbocycles. The Hall–Kier alpha value is -3.45. The summed E-state index contributed by atoms with van der Waals surface area (Å²) in [5.41, 5.74) is 3.06. The Bertz CT molecular complexity index is 1050. The number of nitrogens with zero attached hydrogens (tertiary/aromatic N) is 3. The first-order valence-electron chi connectivity index (χ1n) is 9.27. The minimum atomic E-state index is -0.450. The number of benzene rings is 2. The Morgan fingerprint density at radius 3 is 2.55 bits per heavy atom. The molecule has 0 spiro atoms. The standard InChI is InChI=1S/C22H24N4O3/c1-24(2)21(19-15-25(3)20-7-5-4-6-18(19)20)14-23-22(27)13-10-16-8-11-17(12-9-16)26(28)29/h4-13,15,21H,14H2,1-3H3,(H,23,27)/b13-10+. The average molecular weight is 392 g/mol. The molecule has 0 bridgehead atoms. The van der Waals surface area contributed by atoms with E-state index in [0.717, 1.165) is 16.6 Å². The van der Waals surface area contributed by atoms with Crippen LogP contribution in [0, 0.1) is 10.1 Å². The third-order valence-electron chi connectivity index (χ3n) is 4.91. The third-order valence-corrected chi connectivity index (χ3v) is 4.91. The number of carbonyl (C=O) groups excluding carboxylic acids is 1. The summed E-state index contributed by atoms with van der Waals surface area (Å²) < 4.78 is 2.09. The van der Waals surface area contributed by atoms with Crippen molar-refractivity contribution in [3.63, 3.8) is 0 Å². The molecule has 2 aromatic carbocycles. The van der Waals surface area contributed by atoms with Crippen LogP contribution in [0.1, 0.15) is 17.2 Å². The summed E-state index contributed by atoms with van der Waals surface area (Å²) in [6.45, 7) is 0.463. The minimum absolute atomic E-state index is 0.0236. The summed E-state index contributed by atoms with van der Waals surface area (Å²) in [7, 11) is 6.00. The van der Waals surface area contributed by atoms with Crippen molar-refractivity contribution in [1.82, 2.24) is 14.8 Å². The molecule has 3 rings (SSSR count). The number of hydrogen-bond acceptors (Lipinski definition) is 4. The van der Waals surface area contributed by atoms with E-state index in [1.54, 1.807) is 18.2 Å². The molecule has 150 valence electrons. The van der Waals surface area contributed by atoms with Gasteiger partial charge in [-0.2, -0.15) is 0 Å². The fourth-order valence-electron chi connectivity index (χ4n) is 3.34. The molecule has 0 aliphatic rings. The monoisotopic (exact) mass is 392 g/mol. The molecule has 7 heteroatoms. The summed E-state index contributed by atoms with van der Waals surface area (Å²) in [5, 5.41) is 14.8. The molecule has 1 heterocycles. The zero-order valence-corrected chi connectivity index (χ0v) is 16.7. The normalized spacial score (nSPS) is 12.6. The van der Waals surface area contributed by atoms with Crippen LogP contribution in [-0.2, 0) is 11.8 Å². The highest BCUT2D eigenvalue weighted by molar-refractivity contribution is 5.92. The molecule has 1 aromatic heterocycles. The number of aromatic nitrogens is 1. The molecule has 0 saturated heterocycles. The van der Waals surface area contributed by atoms with Crippen molar-refractivity contribution < 1.29 is 9.72 Å². The van der Waals surface area contributed by atoms with Gasteiger partial charge in [0.05, 0.1) is 11.0 Å². The van der Waals surface area contributed by atoms with Crippen molar-refractivity contribution in [2.75, 3.05) is 20.6 Å². The minimum Gasteiger partial charge on any atom is -0.351 e. The lowest BCUT2D eigenvalue weighted by Gasteiger charge is -2.24. The largest absolute Gasteiger partial charge is 0.351 e. The predicted molar refractivity (Wildman–Crippen MR) is 114 cm³/mol. The van der Waals surface area contributed by atoms with Gasteiger partial charge >= 0.3 is 0 Å². The molecule has 1 amide bonds. The third kappa shape index (κ3) is 4.70. The van der Waals surface area contributed by atoms with Crippen LogP contribution < -0.4 is 5.32 Å². The second kappa shape index (κ2) is 8.70. The quantitative estimate of drug-likeness (QED) is 0.379. The number of aryl methyl sites for hydroxylation is 1. The molecule has 0 aliphatic heterocycles. The van der Waals surface area contributed by atoms with E-state index in [9.17, 15) is 14.9 Å². The van der Waals surface area contributed by atoms with Crippen LogP contribution in [0.4, 0.5) is 5.69 Å². The van der Waals surface area contributed by atoms with Crippen molar-refractivity contribution in [2.24, 2.45) is 7.05 Å². The Kier molecular flexibility index (Phi) is 6.09. The van der Waals surface area contributed by atoms with Crippen LogP contribution in [0.5, 0.6) is 0 Å². The lowest BCUT2D eigenvalue weighted by molar-refractivity contribution is -0.384. The number of carbonyl (C=O) groups is 1. The molecular formula is C22H24N4O3. The van der Waals surface area contributed by atoms with E-state index in [4.69, 9.17) is 0 Å². The smallest absolute Gasteiger partial charge is 0.269 e. The molecule has 0 radical (unpaired) electrons. The van der Waals surface area contributed by atoms with Gasteiger partial charge in [-0.05, 0) is 49.5 Å². The van der Waals surface area contributed by atoms with Gasteiger partial charge in [0.2, 0.25) is 5.91 Å². The number of hydrogen-bond donors (Lipinski definition) is 1. The van der Waals surface area contributed by atoms with Gasteiger partial charge in [-0.1, -0.05) is 18.2 Å². The highest BCUT2D eigenvalue weighted by Gasteiger charge is 2.19. The topological polar surface area (TPSA) is 80.4 Å². The van der Waals surface area contributed by atoms with E-state index in [2.05, 4.69) is 33.1 Å². The maximum Gasteiger partial charge on any atom is 0.269 e. The van der Waals surface area contributed by atoms with Crippen LogP contribution in [0.2, 0.25) is 0 Å². The SMILES string of the molecule is CN(C)C(CNC(=O)/C=C/c1ccc([N+](=O)[O-])cc1)c1cn(C)c2ccccc12. The lowest BCUT2D eigenvalue weighted by atomic mass is 10.0. The molecule has 1 N–H and O–H groups in total. The Morgan fingerprint density at radius 1 is 1.21 bits per heavy atom. The number of amides is 1. The van der Waals surface area contributed by atoms with Crippen molar-refractivity contribution in [2.45, 2.75) is 6.04 Å². The molecular weight excluding hydrogens is 368 g/mol. The number of likely N-dealkylation sites (N-methyl/N-ethyl adjacent to an activating group) is 1. The fourth-order valence-corrected chi connectivity index (χ4v) is 3.34. The Labute approximate surface area is 169 Å². The maximum atomic E-state index is 12.3. The summed E-state index contributed by atoms with van der Waals surface area (Å²) >= 11 is 0. The van der Waals surface area contributed by atoms with Gasteiger partial charge in [-0.3, -0.25) is 14.9 Å². The van der Waals surface area contributed by atoms with Crippen LogP contribution in [-0.4, -0.2) is 40.9 Å². The average Bonchev–Trinajstić information content (AvgIpc) is 3.03. The van der Waals surface area contributed by atoms with Crippen molar-refractivity contribution >= 4 is 28.6 Å².